The van der Waals surface area contributed by atoms with Crippen LogP contribution in [0, 0.1) is 0 Å². The van der Waals surface area contributed by atoms with Crippen molar-refractivity contribution >= 4 is 5.96 Å². The molecule has 2 aromatic rings. The van der Waals surface area contributed by atoms with Crippen LogP contribution in [0.5, 0.6) is 23.0 Å². The first kappa shape index (κ1) is 21.6. The third-order valence-corrected chi connectivity index (χ3v) is 4.96. The van der Waals surface area contributed by atoms with E-state index in [0.29, 0.717) is 37.2 Å². The Labute approximate surface area is 178 Å². The van der Waals surface area contributed by atoms with Crippen molar-refractivity contribution in [3.8, 4) is 23.0 Å². The van der Waals surface area contributed by atoms with E-state index in [4.69, 9.17) is 18.9 Å². The van der Waals surface area contributed by atoms with Crippen molar-refractivity contribution in [2.45, 2.75) is 39.5 Å². The Morgan fingerprint density at radius 3 is 2.53 bits per heavy atom. The van der Waals surface area contributed by atoms with Crippen LogP contribution in [-0.2, 0) is 19.5 Å². The van der Waals surface area contributed by atoms with Crippen LogP contribution in [0.3, 0.4) is 0 Å². The van der Waals surface area contributed by atoms with E-state index in [0.717, 1.165) is 29.0 Å². The van der Waals surface area contributed by atoms with Crippen molar-refractivity contribution in [2.75, 3.05) is 27.9 Å². The van der Waals surface area contributed by atoms with Gasteiger partial charge in [0.05, 0.1) is 20.8 Å². The molecule has 2 aromatic carbocycles. The second-order valence-electron chi connectivity index (χ2n) is 7.10. The maximum absolute atomic E-state index is 5.91. The number of methoxy groups -OCH3 is 2. The van der Waals surface area contributed by atoms with Gasteiger partial charge in [-0.1, -0.05) is 6.07 Å². The topological polar surface area (TPSA) is 73.3 Å². The van der Waals surface area contributed by atoms with E-state index in [1.165, 1.54) is 5.56 Å². The lowest BCUT2D eigenvalue weighted by Crippen LogP contribution is -2.36. The number of nitrogens with one attached hydrogen (secondary N) is 2. The predicted octanol–water partition coefficient (Wildman–Crippen LogP) is 3.29. The molecule has 0 aliphatic carbocycles. The third-order valence-electron chi connectivity index (χ3n) is 4.96. The van der Waals surface area contributed by atoms with E-state index in [2.05, 4.69) is 34.7 Å². The number of hydrogen-bond donors (Lipinski definition) is 2. The molecule has 1 unspecified atom stereocenters. The van der Waals surface area contributed by atoms with E-state index >= 15 is 0 Å². The highest BCUT2D eigenvalue weighted by Crippen LogP contribution is 2.35. The maximum Gasteiger partial charge on any atom is 0.191 e. The van der Waals surface area contributed by atoms with Crippen molar-refractivity contribution in [2.24, 2.45) is 4.99 Å². The number of nitrogens with zero attached hydrogens (tertiary/aromatic N) is 1. The summed E-state index contributed by atoms with van der Waals surface area (Å²) in [7, 11) is 5.01. The number of aliphatic imine (C=N–C) groups is 1. The first-order valence-electron chi connectivity index (χ1n) is 10.2. The molecule has 0 saturated carbocycles. The summed E-state index contributed by atoms with van der Waals surface area (Å²) >= 11 is 0. The number of benzene rings is 2. The normalized spacial score (nSPS) is 15.2. The maximum atomic E-state index is 5.91. The van der Waals surface area contributed by atoms with Gasteiger partial charge in [0.1, 0.15) is 17.6 Å². The Hall–Kier alpha value is -3.09. The van der Waals surface area contributed by atoms with Crippen LogP contribution < -0.4 is 29.6 Å². The smallest absolute Gasteiger partial charge is 0.191 e. The minimum absolute atomic E-state index is 0.202. The Morgan fingerprint density at radius 2 is 1.83 bits per heavy atom. The summed E-state index contributed by atoms with van der Waals surface area (Å²) in [5.74, 6) is 3.93. The zero-order valence-corrected chi connectivity index (χ0v) is 18.4. The molecule has 162 valence electrons. The van der Waals surface area contributed by atoms with E-state index in [1.54, 1.807) is 21.3 Å². The van der Waals surface area contributed by atoms with E-state index in [9.17, 15) is 0 Å². The third kappa shape index (κ3) is 5.09. The molecule has 0 bridgehead atoms. The molecule has 1 aliphatic heterocycles. The molecule has 0 amide bonds. The minimum atomic E-state index is 0.202. The molecule has 2 N–H and O–H groups in total. The highest BCUT2D eigenvalue weighted by molar-refractivity contribution is 5.79. The standard InChI is InChI=1S/C23H31N3O4/c1-6-29-20-11-17-9-15(2)30-21(17)12-18(20)14-26-23(24-3)25-13-16-7-8-19(27-4)22(10-16)28-5/h7-8,10-12,15H,6,9,13-14H2,1-5H3,(H2,24,25,26). The summed E-state index contributed by atoms with van der Waals surface area (Å²) in [6.45, 7) is 5.87. The quantitative estimate of drug-likeness (QED) is 0.511. The molecule has 0 spiro atoms. The van der Waals surface area contributed by atoms with Gasteiger partial charge in [0.2, 0.25) is 0 Å². The first-order chi connectivity index (χ1) is 14.6. The van der Waals surface area contributed by atoms with Crippen molar-refractivity contribution in [1.29, 1.82) is 0 Å². The summed E-state index contributed by atoms with van der Waals surface area (Å²) in [5, 5.41) is 6.68. The van der Waals surface area contributed by atoms with Gasteiger partial charge in [0, 0.05) is 37.7 Å². The lowest BCUT2D eigenvalue weighted by Gasteiger charge is -2.16. The van der Waals surface area contributed by atoms with Crippen molar-refractivity contribution in [3.63, 3.8) is 0 Å². The molecule has 0 fully saturated rings. The molecule has 7 nitrogen and oxygen atoms in total. The van der Waals surface area contributed by atoms with Gasteiger partial charge in [0.25, 0.3) is 0 Å². The zero-order valence-electron chi connectivity index (χ0n) is 18.4. The molecular weight excluding hydrogens is 382 g/mol. The fourth-order valence-electron chi connectivity index (χ4n) is 3.49. The number of ether oxygens (including phenoxy) is 4. The van der Waals surface area contributed by atoms with Crippen LogP contribution in [0.4, 0.5) is 0 Å². The molecule has 1 atom stereocenters. The summed E-state index contributed by atoms with van der Waals surface area (Å²) < 4.78 is 22.4. The highest BCUT2D eigenvalue weighted by atomic mass is 16.5. The van der Waals surface area contributed by atoms with E-state index < -0.39 is 0 Å². The van der Waals surface area contributed by atoms with Gasteiger partial charge in [-0.3, -0.25) is 4.99 Å². The number of rotatable bonds is 8. The number of guanidine groups is 1. The Morgan fingerprint density at radius 1 is 1.07 bits per heavy atom. The van der Waals surface area contributed by atoms with Crippen molar-refractivity contribution < 1.29 is 18.9 Å². The van der Waals surface area contributed by atoms with Crippen molar-refractivity contribution in [3.05, 3.63) is 47.0 Å². The van der Waals surface area contributed by atoms with Gasteiger partial charge in [-0.25, -0.2) is 0 Å². The van der Waals surface area contributed by atoms with Crippen LogP contribution in [-0.4, -0.2) is 39.9 Å². The molecule has 3 rings (SSSR count). The number of hydrogen-bond acceptors (Lipinski definition) is 5. The van der Waals surface area contributed by atoms with Gasteiger partial charge in [-0.15, -0.1) is 0 Å². The summed E-state index contributed by atoms with van der Waals surface area (Å²) in [5.41, 5.74) is 3.30. The molecular formula is C23H31N3O4. The first-order valence-corrected chi connectivity index (χ1v) is 10.2. The summed E-state index contributed by atoms with van der Waals surface area (Å²) in [4.78, 5) is 4.32. The largest absolute Gasteiger partial charge is 0.494 e. The minimum Gasteiger partial charge on any atom is -0.494 e. The second-order valence-corrected chi connectivity index (χ2v) is 7.10. The van der Waals surface area contributed by atoms with E-state index in [1.807, 2.05) is 25.1 Å². The molecule has 1 heterocycles. The lowest BCUT2D eigenvalue weighted by molar-refractivity contribution is 0.254. The molecule has 30 heavy (non-hydrogen) atoms. The zero-order chi connectivity index (χ0) is 21.5. The predicted molar refractivity (Wildman–Crippen MR) is 118 cm³/mol. The van der Waals surface area contributed by atoms with Gasteiger partial charge in [0.15, 0.2) is 17.5 Å². The molecule has 0 aromatic heterocycles. The van der Waals surface area contributed by atoms with Crippen LogP contribution in [0.1, 0.15) is 30.5 Å². The SMILES string of the molecule is CCOc1cc2c(cc1CNC(=NC)NCc1ccc(OC)c(OC)c1)OC(C)C2. The second kappa shape index (κ2) is 10.1. The van der Waals surface area contributed by atoms with Crippen LogP contribution in [0.15, 0.2) is 35.3 Å². The molecule has 7 heteroatoms. The van der Waals surface area contributed by atoms with Gasteiger partial charge >= 0.3 is 0 Å². The highest BCUT2D eigenvalue weighted by Gasteiger charge is 2.22. The fraction of sp³-hybridized carbons (Fsp3) is 0.435. The molecule has 0 radical (unpaired) electrons. The summed E-state index contributed by atoms with van der Waals surface area (Å²) in [6, 6.07) is 10.0. The summed E-state index contributed by atoms with van der Waals surface area (Å²) in [6.07, 6.45) is 1.12. The van der Waals surface area contributed by atoms with Crippen LogP contribution in [0.2, 0.25) is 0 Å². The Balaban J connectivity index is 1.64. The van der Waals surface area contributed by atoms with Gasteiger partial charge < -0.3 is 29.6 Å². The van der Waals surface area contributed by atoms with Crippen LogP contribution in [0.25, 0.3) is 0 Å². The van der Waals surface area contributed by atoms with E-state index in [-0.39, 0.29) is 6.10 Å². The lowest BCUT2D eigenvalue weighted by atomic mass is 10.1. The Bertz CT molecular complexity index is 898. The monoisotopic (exact) mass is 413 g/mol. The Kier molecular flexibility index (Phi) is 7.27. The fourth-order valence-corrected chi connectivity index (χ4v) is 3.49. The van der Waals surface area contributed by atoms with Crippen LogP contribution >= 0.6 is 0 Å². The average molecular weight is 414 g/mol. The average Bonchev–Trinajstić information content (AvgIpc) is 3.12. The van der Waals surface area contributed by atoms with Crippen molar-refractivity contribution in [1.82, 2.24) is 10.6 Å². The molecule has 1 aliphatic rings. The number of fused-ring (bicyclic) bond motifs is 1. The van der Waals surface area contributed by atoms with Gasteiger partial charge in [-0.2, -0.15) is 0 Å². The van der Waals surface area contributed by atoms with Gasteiger partial charge in [-0.05, 0) is 43.7 Å². The molecule has 0 saturated heterocycles.